The van der Waals surface area contributed by atoms with Crippen LogP contribution in [0, 0.1) is 0 Å². The number of rotatable bonds is 5. The number of imidazole rings is 1. The quantitative estimate of drug-likeness (QED) is 0.788. The number of fused-ring (bicyclic) bond motifs is 1. The van der Waals surface area contributed by atoms with Crippen LogP contribution < -0.4 is 5.32 Å². The molecule has 2 aromatic heterocycles. The second-order valence-corrected chi connectivity index (χ2v) is 5.32. The lowest BCUT2D eigenvalue weighted by Crippen LogP contribution is -2.18. The molecule has 0 aliphatic heterocycles. The molecule has 5 nitrogen and oxygen atoms in total. The van der Waals surface area contributed by atoms with E-state index in [-0.39, 0.29) is 12.5 Å². The molecular formula is C15H15N3O2S. The fourth-order valence-corrected chi connectivity index (χ4v) is 2.75. The molecule has 3 rings (SSSR count). The van der Waals surface area contributed by atoms with Crippen LogP contribution in [-0.4, -0.2) is 28.5 Å². The second-order valence-electron chi connectivity index (χ2n) is 4.45. The van der Waals surface area contributed by atoms with Crippen LogP contribution in [0.25, 0.3) is 16.2 Å². The first-order valence-electron chi connectivity index (χ1n) is 6.67. The van der Waals surface area contributed by atoms with Crippen molar-refractivity contribution in [3.05, 3.63) is 42.0 Å². The zero-order valence-corrected chi connectivity index (χ0v) is 12.4. The van der Waals surface area contributed by atoms with E-state index >= 15 is 0 Å². The number of para-hydroxylation sites is 1. The first-order chi connectivity index (χ1) is 10.3. The Hall–Kier alpha value is -2.18. The molecule has 0 radical (unpaired) electrons. The number of carbonyl (C=O) groups is 1. The molecule has 0 bridgehead atoms. The number of ether oxygens (including phenoxy) is 1. The van der Waals surface area contributed by atoms with E-state index in [0.717, 1.165) is 21.9 Å². The molecule has 0 atom stereocenters. The van der Waals surface area contributed by atoms with Gasteiger partial charge in [-0.05, 0) is 13.0 Å². The van der Waals surface area contributed by atoms with E-state index in [1.807, 2.05) is 53.4 Å². The molecule has 0 saturated carbocycles. The van der Waals surface area contributed by atoms with Crippen LogP contribution >= 0.6 is 11.3 Å². The number of benzene rings is 1. The van der Waals surface area contributed by atoms with Crippen molar-refractivity contribution in [1.82, 2.24) is 9.38 Å². The SMILES string of the molecule is CCOCC(=O)Nc1ccccc1-c1cn2ccsc2n1. The zero-order valence-electron chi connectivity index (χ0n) is 11.6. The highest BCUT2D eigenvalue weighted by Gasteiger charge is 2.11. The van der Waals surface area contributed by atoms with E-state index in [9.17, 15) is 4.79 Å². The number of hydrogen-bond donors (Lipinski definition) is 1. The molecule has 2 heterocycles. The Morgan fingerprint density at radius 2 is 2.29 bits per heavy atom. The van der Waals surface area contributed by atoms with Gasteiger partial charge in [0.25, 0.3) is 0 Å². The van der Waals surface area contributed by atoms with Crippen molar-refractivity contribution in [2.45, 2.75) is 6.92 Å². The summed E-state index contributed by atoms with van der Waals surface area (Å²) in [6.45, 7) is 2.44. The standard InChI is InChI=1S/C15H15N3O2S/c1-2-20-10-14(19)16-12-6-4-3-5-11(12)13-9-18-7-8-21-15(18)17-13/h3-9H,2,10H2,1H3,(H,16,19). The molecule has 0 fully saturated rings. The van der Waals surface area contributed by atoms with Gasteiger partial charge < -0.3 is 10.1 Å². The number of aromatic nitrogens is 2. The number of nitrogens with one attached hydrogen (secondary N) is 1. The number of amides is 1. The number of hydrogen-bond acceptors (Lipinski definition) is 4. The topological polar surface area (TPSA) is 55.6 Å². The van der Waals surface area contributed by atoms with Crippen molar-refractivity contribution >= 4 is 27.9 Å². The molecule has 6 heteroatoms. The number of thiazole rings is 1. The minimum Gasteiger partial charge on any atom is -0.372 e. The van der Waals surface area contributed by atoms with Crippen molar-refractivity contribution in [2.75, 3.05) is 18.5 Å². The molecule has 0 spiro atoms. The lowest BCUT2D eigenvalue weighted by atomic mass is 10.1. The number of nitrogens with zero attached hydrogens (tertiary/aromatic N) is 2. The largest absolute Gasteiger partial charge is 0.372 e. The Kier molecular flexibility index (Phi) is 3.98. The molecule has 0 saturated heterocycles. The summed E-state index contributed by atoms with van der Waals surface area (Å²) in [5.41, 5.74) is 2.49. The summed E-state index contributed by atoms with van der Waals surface area (Å²) >= 11 is 1.58. The minimum atomic E-state index is -0.162. The maximum atomic E-state index is 11.8. The van der Waals surface area contributed by atoms with E-state index in [1.165, 1.54) is 0 Å². The summed E-state index contributed by atoms with van der Waals surface area (Å²) in [6.07, 6.45) is 3.92. The molecular weight excluding hydrogens is 286 g/mol. The highest BCUT2D eigenvalue weighted by molar-refractivity contribution is 7.15. The summed E-state index contributed by atoms with van der Waals surface area (Å²) in [7, 11) is 0. The summed E-state index contributed by atoms with van der Waals surface area (Å²) in [5.74, 6) is -0.162. The summed E-state index contributed by atoms with van der Waals surface area (Å²) in [5, 5.41) is 4.86. The average molecular weight is 301 g/mol. The Morgan fingerprint density at radius 3 is 3.10 bits per heavy atom. The fraction of sp³-hybridized carbons (Fsp3) is 0.200. The third-order valence-electron chi connectivity index (χ3n) is 3.01. The smallest absolute Gasteiger partial charge is 0.250 e. The number of anilines is 1. The van der Waals surface area contributed by atoms with Crippen molar-refractivity contribution in [2.24, 2.45) is 0 Å². The van der Waals surface area contributed by atoms with Crippen LogP contribution in [0.3, 0.4) is 0 Å². The summed E-state index contributed by atoms with van der Waals surface area (Å²) in [4.78, 5) is 17.3. The van der Waals surface area contributed by atoms with Crippen LogP contribution in [0.2, 0.25) is 0 Å². The highest BCUT2D eigenvalue weighted by atomic mass is 32.1. The normalized spacial score (nSPS) is 10.9. The molecule has 1 amide bonds. The van der Waals surface area contributed by atoms with Crippen molar-refractivity contribution in [3.8, 4) is 11.3 Å². The maximum absolute atomic E-state index is 11.8. The zero-order chi connectivity index (χ0) is 14.7. The Morgan fingerprint density at radius 1 is 1.43 bits per heavy atom. The minimum absolute atomic E-state index is 0.0586. The van der Waals surface area contributed by atoms with Crippen molar-refractivity contribution in [1.29, 1.82) is 0 Å². The van der Waals surface area contributed by atoms with Gasteiger partial charge in [0, 0.05) is 29.9 Å². The Labute approximate surface area is 126 Å². The summed E-state index contributed by atoms with van der Waals surface area (Å²) in [6, 6.07) is 7.63. The first kappa shape index (κ1) is 13.8. The summed E-state index contributed by atoms with van der Waals surface area (Å²) < 4.78 is 7.09. The van der Waals surface area contributed by atoms with E-state index in [2.05, 4.69) is 10.3 Å². The second kappa shape index (κ2) is 6.07. The van der Waals surface area contributed by atoms with E-state index < -0.39 is 0 Å². The van der Waals surface area contributed by atoms with Gasteiger partial charge in [-0.1, -0.05) is 18.2 Å². The van der Waals surface area contributed by atoms with Gasteiger partial charge in [0.05, 0.1) is 11.4 Å². The molecule has 0 aliphatic rings. The van der Waals surface area contributed by atoms with Crippen molar-refractivity contribution < 1.29 is 9.53 Å². The van der Waals surface area contributed by atoms with Crippen LogP contribution in [0.4, 0.5) is 5.69 Å². The van der Waals surface area contributed by atoms with Gasteiger partial charge in [0.2, 0.25) is 5.91 Å². The fourth-order valence-electron chi connectivity index (χ4n) is 2.05. The van der Waals surface area contributed by atoms with Gasteiger partial charge in [0.1, 0.15) is 6.61 Å². The van der Waals surface area contributed by atoms with Gasteiger partial charge in [-0.25, -0.2) is 4.98 Å². The van der Waals surface area contributed by atoms with Gasteiger partial charge in [-0.2, -0.15) is 0 Å². The van der Waals surface area contributed by atoms with Crippen LogP contribution in [0.1, 0.15) is 6.92 Å². The highest BCUT2D eigenvalue weighted by Crippen LogP contribution is 2.28. The number of carbonyl (C=O) groups excluding carboxylic acids is 1. The monoisotopic (exact) mass is 301 g/mol. The molecule has 0 unspecified atom stereocenters. The average Bonchev–Trinajstić information content (AvgIpc) is 3.07. The molecule has 1 N–H and O–H groups in total. The van der Waals surface area contributed by atoms with Gasteiger partial charge in [0.15, 0.2) is 4.96 Å². The van der Waals surface area contributed by atoms with E-state index in [1.54, 1.807) is 11.3 Å². The van der Waals surface area contributed by atoms with Gasteiger partial charge in [-0.3, -0.25) is 9.20 Å². The van der Waals surface area contributed by atoms with Crippen LogP contribution in [0.15, 0.2) is 42.0 Å². The Balaban J connectivity index is 1.88. The predicted octanol–water partition coefficient (Wildman–Crippen LogP) is 3.04. The lowest BCUT2D eigenvalue weighted by molar-refractivity contribution is -0.120. The molecule has 108 valence electrons. The van der Waals surface area contributed by atoms with Crippen LogP contribution in [0.5, 0.6) is 0 Å². The molecule has 3 aromatic rings. The first-order valence-corrected chi connectivity index (χ1v) is 7.55. The Bertz CT molecular complexity index is 734. The third kappa shape index (κ3) is 2.96. The molecule has 21 heavy (non-hydrogen) atoms. The maximum Gasteiger partial charge on any atom is 0.250 e. The third-order valence-corrected chi connectivity index (χ3v) is 3.78. The van der Waals surface area contributed by atoms with Gasteiger partial charge >= 0.3 is 0 Å². The molecule has 0 aliphatic carbocycles. The van der Waals surface area contributed by atoms with E-state index in [0.29, 0.717) is 6.61 Å². The van der Waals surface area contributed by atoms with E-state index in [4.69, 9.17) is 4.74 Å². The van der Waals surface area contributed by atoms with Gasteiger partial charge in [-0.15, -0.1) is 11.3 Å². The predicted molar refractivity (Wildman–Crippen MR) is 83.6 cm³/mol. The molecule has 1 aromatic carbocycles. The lowest BCUT2D eigenvalue weighted by Gasteiger charge is -2.09. The van der Waals surface area contributed by atoms with Crippen LogP contribution in [-0.2, 0) is 9.53 Å². The van der Waals surface area contributed by atoms with Crippen molar-refractivity contribution in [3.63, 3.8) is 0 Å².